The second-order valence-electron chi connectivity index (χ2n) is 4.96. The van der Waals surface area contributed by atoms with Gasteiger partial charge >= 0.3 is 0 Å². The van der Waals surface area contributed by atoms with E-state index in [1.54, 1.807) is 30.3 Å². The molecule has 18 heavy (non-hydrogen) atoms. The third-order valence-corrected chi connectivity index (χ3v) is 5.91. The van der Waals surface area contributed by atoms with Gasteiger partial charge in [-0.25, -0.2) is 8.42 Å². The molecule has 0 aromatic heterocycles. The summed E-state index contributed by atoms with van der Waals surface area (Å²) in [5, 5.41) is 9.45. The average Bonchev–Trinajstić information content (AvgIpc) is 2.35. The van der Waals surface area contributed by atoms with Crippen LogP contribution in [0.15, 0.2) is 35.2 Å². The molecule has 2 rings (SSSR count). The summed E-state index contributed by atoms with van der Waals surface area (Å²) in [6, 6.07) is 8.47. The highest BCUT2D eigenvalue weighted by Crippen LogP contribution is 2.27. The summed E-state index contributed by atoms with van der Waals surface area (Å²) in [5.74, 6) is 0. The molecule has 0 spiro atoms. The molecular weight excluding hydrogens is 248 g/mol. The molecule has 0 amide bonds. The number of benzene rings is 1. The molecule has 1 aliphatic carbocycles. The zero-order chi connectivity index (χ0) is 13.0. The molecule has 3 nitrogen and oxygen atoms in total. The van der Waals surface area contributed by atoms with E-state index >= 15 is 0 Å². The van der Waals surface area contributed by atoms with E-state index in [0.717, 1.165) is 25.7 Å². The summed E-state index contributed by atoms with van der Waals surface area (Å²) in [5.41, 5.74) is 0. The molecule has 0 bridgehead atoms. The van der Waals surface area contributed by atoms with E-state index in [1.165, 1.54) is 0 Å². The van der Waals surface area contributed by atoms with Crippen molar-refractivity contribution in [1.82, 2.24) is 0 Å². The van der Waals surface area contributed by atoms with Crippen molar-refractivity contribution in [2.24, 2.45) is 0 Å². The quantitative estimate of drug-likeness (QED) is 0.896. The lowest BCUT2D eigenvalue weighted by Gasteiger charge is -2.25. The van der Waals surface area contributed by atoms with Gasteiger partial charge in [-0.15, -0.1) is 0 Å². The van der Waals surface area contributed by atoms with Crippen LogP contribution in [0.25, 0.3) is 0 Å². The monoisotopic (exact) mass is 268 g/mol. The molecule has 1 saturated carbocycles. The lowest BCUT2D eigenvalue weighted by molar-refractivity contribution is 0.144. The summed E-state index contributed by atoms with van der Waals surface area (Å²) in [4.78, 5) is 0.328. The van der Waals surface area contributed by atoms with Crippen LogP contribution in [0.1, 0.15) is 38.5 Å². The van der Waals surface area contributed by atoms with Gasteiger partial charge in [0.2, 0.25) is 0 Å². The Kier molecular flexibility index (Phi) is 4.40. The number of aliphatic hydroxyl groups is 1. The van der Waals surface area contributed by atoms with Crippen molar-refractivity contribution in [2.45, 2.75) is 54.8 Å². The Labute approximate surface area is 109 Å². The van der Waals surface area contributed by atoms with E-state index < -0.39 is 21.2 Å². The lowest BCUT2D eigenvalue weighted by Crippen LogP contribution is -2.35. The van der Waals surface area contributed by atoms with Crippen LogP contribution in [-0.4, -0.2) is 24.9 Å². The van der Waals surface area contributed by atoms with Crippen molar-refractivity contribution in [3.05, 3.63) is 30.3 Å². The first-order valence-electron chi connectivity index (χ1n) is 6.59. The number of rotatable bonds is 2. The number of hydrogen-bond acceptors (Lipinski definition) is 3. The van der Waals surface area contributed by atoms with Crippen LogP contribution in [0.4, 0.5) is 0 Å². The minimum atomic E-state index is -3.40. The van der Waals surface area contributed by atoms with Gasteiger partial charge in [-0.1, -0.05) is 43.9 Å². The standard InChI is InChI=1S/C14H20O3S/c15-13-10-6-1-2-7-11-14(13)18(16,17)12-8-4-3-5-9-12/h3-5,8-9,13-15H,1-2,6-7,10-11H2. The minimum Gasteiger partial charge on any atom is -0.392 e. The molecule has 100 valence electrons. The van der Waals surface area contributed by atoms with Crippen molar-refractivity contribution >= 4 is 9.84 Å². The molecule has 0 aliphatic heterocycles. The first-order chi connectivity index (χ1) is 8.62. The highest BCUT2D eigenvalue weighted by molar-refractivity contribution is 7.92. The average molecular weight is 268 g/mol. The molecule has 0 heterocycles. The summed E-state index contributed by atoms with van der Waals surface area (Å²) >= 11 is 0. The van der Waals surface area contributed by atoms with Crippen molar-refractivity contribution in [1.29, 1.82) is 0 Å². The Hall–Kier alpha value is -0.870. The number of sulfone groups is 1. The smallest absolute Gasteiger partial charge is 0.183 e. The topological polar surface area (TPSA) is 54.4 Å². The predicted octanol–water partition coefficient (Wildman–Crippen LogP) is 2.54. The van der Waals surface area contributed by atoms with Crippen LogP contribution in [0.2, 0.25) is 0 Å². The van der Waals surface area contributed by atoms with Crippen molar-refractivity contribution < 1.29 is 13.5 Å². The molecule has 4 heteroatoms. The van der Waals surface area contributed by atoms with Gasteiger partial charge in [-0.3, -0.25) is 0 Å². The van der Waals surface area contributed by atoms with Gasteiger partial charge in [0, 0.05) is 0 Å². The fraction of sp³-hybridized carbons (Fsp3) is 0.571. The van der Waals surface area contributed by atoms with Crippen molar-refractivity contribution in [3.63, 3.8) is 0 Å². The van der Waals surface area contributed by atoms with Gasteiger partial charge in [-0.2, -0.15) is 0 Å². The molecule has 2 atom stereocenters. The van der Waals surface area contributed by atoms with Crippen LogP contribution < -0.4 is 0 Å². The van der Waals surface area contributed by atoms with E-state index in [0.29, 0.717) is 17.7 Å². The van der Waals surface area contributed by atoms with Crippen LogP contribution in [0.3, 0.4) is 0 Å². The normalized spacial score (nSPS) is 26.3. The third kappa shape index (κ3) is 2.93. The van der Waals surface area contributed by atoms with Gasteiger partial charge in [0.1, 0.15) is 0 Å². The Morgan fingerprint density at radius 2 is 1.56 bits per heavy atom. The largest absolute Gasteiger partial charge is 0.392 e. The van der Waals surface area contributed by atoms with E-state index in [2.05, 4.69) is 0 Å². The summed E-state index contributed by atoms with van der Waals surface area (Å²) in [6.07, 6.45) is 4.39. The SMILES string of the molecule is O=S(=O)(c1ccccc1)C1CCCCCCC1O. The second-order valence-corrected chi connectivity index (χ2v) is 7.12. The highest BCUT2D eigenvalue weighted by Gasteiger charge is 2.33. The van der Waals surface area contributed by atoms with Gasteiger partial charge in [-0.05, 0) is 25.0 Å². The van der Waals surface area contributed by atoms with Crippen molar-refractivity contribution in [2.75, 3.05) is 0 Å². The molecule has 1 N–H and O–H groups in total. The Bertz CT molecular complexity index is 467. The Balaban J connectivity index is 2.27. The van der Waals surface area contributed by atoms with Crippen molar-refractivity contribution in [3.8, 4) is 0 Å². The Morgan fingerprint density at radius 1 is 0.944 bits per heavy atom. The molecular formula is C14H20O3S. The number of hydrogen-bond donors (Lipinski definition) is 1. The molecule has 1 fully saturated rings. The zero-order valence-electron chi connectivity index (χ0n) is 10.5. The van der Waals surface area contributed by atoms with Crippen LogP contribution in [-0.2, 0) is 9.84 Å². The fourth-order valence-electron chi connectivity index (χ4n) is 2.58. The summed E-state index contributed by atoms with van der Waals surface area (Å²) in [6.45, 7) is 0. The van der Waals surface area contributed by atoms with E-state index in [1.807, 2.05) is 0 Å². The molecule has 0 saturated heterocycles. The predicted molar refractivity (Wildman–Crippen MR) is 71.1 cm³/mol. The first-order valence-corrected chi connectivity index (χ1v) is 8.14. The highest BCUT2D eigenvalue weighted by atomic mass is 32.2. The fourth-order valence-corrected chi connectivity index (χ4v) is 4.49. The summed E-state index contributed by atoms with van der Waals surface area (Å²) < 4.78 is 25.0. The lowest BCUT2D eigenvalue weighted by atomic mass is 9.98. The molecule has 0 radical (unpaired) electrons. The summed E-state index contributed by atoms with van der Waals surface area (Å²) in [7, 11) is -3.40. The van der Waals surface area contributed by atoms with Gasteiger partial charge in [0.05, 0.1) is 16.2 Å². The third-order valence-electron chi connectivity index (χ3n) is 3.64. The van der Waals surface area contributed by atoms with E-state index in [-0.39, 0.29) is 0 Å². The van der Waals surface area contributed by atoms with Gasteiger partial charge in [0.25, 0.3) is 0 Å². The van der Waals surface area contributed by atoms with Crippen LogP contribution >= 0.6 is 0 Å². The maximum absolute atomic E-state index is 12.5. The molecule has 2 unspecified atom stereocenters. The minimum absolute atomic E-state index is 0.328. The van der Waals surface area contributed by atoms with E-state index in [4.69, 9.17) is 0 Å². The van der Waals surface area contributed by atoms with Crippen LogP contribution in [0, 0.1) is 0 Å². The molecule has 1 aromatic rings. The van der Waals surface area contributed by atoms with Crippen LogP contribution in [0.5, 0.6) is 0 Å². The maximum atomic E-state index is 12.5. The second kappa shape index (κ2) is 5.85. The van der Waals surface area contributed by atoms with E-state index in [9.17, 15) is 13.5 Å². The van der Waals surface area contributed by atoms with Gasteiger partial charge < -0.3 is 5.11 Å². The first kappa shape index (κ1) is 13.6. The number of aliphatic hydroxyl groups excluding tert-OH is 1. The van der Waals surface area contributed by atoms with Gasteiger partial charge in [0.15, 0.2) is 9.84 Å². The zero-order valence-corrected chi connectivity index (χ0v) is 11.3. The molecule has 1 aromatic carbocycles. The molecule has 1 aliphatic rings. The Morgan fingerprint density at radius 3 is 2.22 bits per heavy atom. The maximum Gasteiger partial charge on any atom is 0.183 e.